The van der Waals surface area contributed by atoms with Gasteiger partial charge in [0.15, 0.2) is 12.7 Å². The molecule has 1 atom stereocenters. The second-order valence-corrected chi connectivity index (χ2v) is 5.08. The van der Waals surface area contributed by atoms with E-state index < -0.39 is 24.8 Å². The maximum atomic E-state index is 12.0. The molecule has 0 saturated heterocycles. The third-order valence-corrected chi connectivity index (χ3v) is 3.16. The van der Waals surface area contributed by atoms with E-state index in [4.69, 9.17) is 0 Å². The topological polar surface area (TPSA) is 58.6 Å². The zero-order valence-corrected chi connectivity index (χ0v) is 12.6. The Morgan fingerprint density at radius 2 is 1.71 bits per heavy atom. The highest BCUT2D eigenvalue weighted by Gasteiger charge is 2.28. The van der Waals surface area contributed by atoms with Gasteiger partial charge in [-0.15, -0.1) is 0 Å². The number of hydrogen-bond acceptors (Lipinski definition) is 3. The van der Waals surface area contributed by atoms with Crippen molar-refractivity contribution in [1.29, 1.82) is 0 Å². The molecule has 0 aliphatic heterocycles. The van der Waals surface area contributed by atoms with Crippen LogP contribution in [-0.2, 0) is 11.3 Å². The van der Waals surface area contributed by atoms with E-state index in [9.17, 15) is 23.1 Å². The maximum absolute atomic E-state index is 12.0. The van der Waals surface area contributed by atoms with Crippen LogP contribution in [0.5, 0.6) is 5.75 Å². The number of benzene rings is 2. The van der Waals surface area contributed by atoms with Crippen molar-refractivity contribution in [3.8, 4) is 5.75 Å². The number of aliphatic hydroxyl groups is 1. The van der Waals surface area contributed by atoms with Crippen molar-refractivity contribution in [1.82, 2.24) is 5.32 Å². The van der Waals surface area contributed by atoms with Gasteiger partial charge in [0.2, 0.25) is 0 Å². The van der Waals surface area contributed by atoms with Crippen molar-refractivity contribution in [2.24, 2.45) is 0 Å². The molecule has 7 heteroatoms. The van der Waals surface area contributed by atoms with Gasteiger partial charge >= 0.3 is 6.18 Å². The molecule has 0 aliphatic carbocycles. The van der Waals surface area contributed by atoms with Crippen LogP contribution in [0.15, 0.2) is 54.6 Å². The number of alkyl halides is 3. The maximum Gasteiger partial charge on any atom is 0.422 e. The Balaban J connectivity index is 1.85. The van der Waals surface area contributed by atoms with Gasteiger partial charge in [-0.25, -0.2) is 0 Å². The lowest BCUT2D eigenvalue weighted by Gasteiger charge is -2.12. The van der Waals surface area contributed by atoms with Crippen molar-refractivity contribution < 1.29 is 27.8 Å². The lowest BCUT2D eigenvalue weighted by atomic mass is 10.1. The molecule has 2 aromatic carbocycles. The van der Waals surface area contributed by atoms with Gasteiger partial charge in [-0.2, -0.15) is 13.2 Å². The summed E-state index contributed by atoms with van der Waals surface area (Å²) >= 11 is 0. The fourth-order valence-electron chi connectivity index (χ4n) is 1.94. The average molecular weight is 339 g/mol. The van der Waals surface area contributed by atoms with Crippen LogP contribution in [0.1, 0.15) is 17.2 Å². The molecule has 0 radical (unpaired) electrons. The second-order valence-electron chi connectivity index (χ2n) is 5.08. The number of ether oxygens (including phenoxy) is 1. The molecule has 2 rings (SSSR count). The molecule has 2 aromatic rings. The molecule has 0 aromatic heterocycles. The second kappa shape index (κ2) is 7.83. The summed E-state index contributed by atoms with van der Waals surface area (Å²) in [6, 6.07) is 14.3. The first-order valence-electron chi connectivity index (χ1n) is 7.14. The van der Waals surface area contributed by atoms with Crippen LogP contribution in [0, 0.1) is 0 Å². The van der Waals surface area contributed by atoms with E-state index in [1.54, 1.807) is 42.5 Å². The van der Waals surface area contributed by atoms with Gasteiger partial charge in [0.25, 0.3) is 5.91 Å². The third-order valence-electron chi connectivity index (χ3n) is 3.16. The van der Waals surface area contributed by atoms with Crippen LogP contribution in [0.2, 0.25) is 0 Å². The van der Waals surface area contributed by atoms with Crippen LogP contribution >= 0.6 is 0 Å². The zero-order valence-electron chi connectivity index (χ0n) is 12.6. The molecular formula is C17H16F3NO3. The average Bonchev–Trinajstić information content (AvgIpc) is 2.58. The molecule has 1 amide bonds. The number of hydrogen-bond donors (Lipinski definition) is 2. The summed E-state index contributed by atoms with van der Waals surface area (Å²) in [6.45, 7) is -1.21. The van der Waals surface area contributed by atoms with Crippen molar-refractivity contribution in [3.05, 3.63) is 65.7 Å². The molecule has 128 valence electrons. The number of aliphatic hydroxyl groups excluding tert-OH is 1. The molecular weight excluding hydrogens is 323 g/mol. The predicted octanol–water partition coefficient (Wildman–Crippen LogP) is 2.98. The molecule has 0 bridgehead atoms. The van der Waals surface area contributed by atoms with E-state index in [0.29, 0.717) is 11.1 Å². The minimum atomic E-state index is -4.39. The molecule has 0 aliphatic rings. The monoisotopic (exact) mass is 339 g/mol. The van der Waals surface area contributed by atoms with Crippen LogP contribution in [0.25, 0.3) is 0 Å². The van der Waals surface area contributed by atoms with Gasteiger partial charge in [-0.1, -0.05) is 42.5 Å². The van der Waals surface area contributed by atoms with Crippen molar-refractivity contribution >= 4 is 5.91 Å². The minimum absolute atomic E-state index is 0.0896. The number of amides is 1. The van der Waals surface area contributed by atoms with E-state index in [2.05, 4.69) is 10.1 Å². The van der Waals surface area contributed by atoms with Gasteiger partial charge in [-0.3, -0.25) is 4.79 Å². The summed E-state index contributed by atoms with van der Waals surface area (Å²) in [7, 11) is 0. The minimum Gasteiger partial charge on any atom is -0.484 e. The molecule has 1 unspecified atom stereocenters. The summed E-state index contributed by atoms with van der Waals surface area (Å²) in [5.74, 6) is -0.467. The fourth-order valence-corrected chi connectivity index (χ4v) is 1.94. The normalized spacial score (nSPS) is 12.5. The van der Waals surface area contributed by atoms with Gasteiger partial charge in [-0.05, 0) is 23.3 Å². The number of carbonyl (C=O) groups excluding carboxylic acids is 1. The van der Waals surface area contributed by atoms with Crippen molar-refractivity contribution in [2.45, 2.75) is 18.8 Å². The summed E-state index contributed by atoms with van der Waals surface area (Å²) in [4.78, 5) is 11.9. The quantitative estimate of drug-likeness (QED) is 0.851. The zero-order chi connectivity index (χ0) is 17.6. The van der Waals surface area contributed by atoms with E-state index >= 15 is 0 Å². The molecule has 0 saturated carbocycles. The van der Waals surface area contributed by atoms with Crippen molar-refractivity contribution in [2.75, 3.05) is 6.61 Å². The standard InChI is InChI=1S/C17H16F3NO3/c18-17(19,20)11-24-14-8-6-12(7-9-14)10-21-16(23)15(22)13-4-2-1-3-5-13/h1-9,15,22H,10-11H2,(H,21,23). The Bertz CT molecular complexity index is 657. The fraction of sp³-hybridized carbons (Fsp3) is 0.235. The number of halogens is 3. The van der Waals surface area contributed by atoms with Gasteiger partial charge in [0, 0.05) is 6.54 Å². The number of carbonyl (C=O) groups is 1. The Morgan fingerprint density at radius 3 is 2.29 bits per heavy atom. The molecule has 2 N–H and O–H groups in total. The highest BCUT2D eigenvalue weighted by atomic mass is 19.4. The highest BCUT2D eigenvalue weighted by Crippen LogP contribution is 2.19. The molecule has 0 fully saturated rings. The highest BCUT2D eigenvalue weighted by molar-refractivity contribution is 5.81. The van der Waals surface area contributed by atoms with E-state index in [1.807, 2.05) is 0 Å². The smallest absolute Gasteiger partial charge is 0.422 e. The lowest BCUT2D eigenvalue weighted by Crippen LogP contribution is -2.28. The summed E-state index contributed by atoms with van der Waals surface area (Å²) in [5.41, 5.74) is 1.15. The first kappa shape index (κ1) is 17.8. The van der Waals surface area contributed by atoms with E-state index in [0.717, 1.165) is 0 Å². The van der Waals surface area contributed by atoms with Crippen LogP contribution < -0.4 is 10.1 Å². The Kier molecular flexibility index (Phi) is 5.81. The van der Waals surface area contributed by atoms with Gasteiger partial charge in [0.05, 0.1) is 0 Å². The van der Waals surface area contributed by atoms with E-state index in [1.165, 1.54) is 12.1 Å². The van der Waals surface area contributed by atoms with E-state index in [-0.39, 0.29) is 12.3 Å². The first-order valence-corrected chi connectivity index (χ1v) is 7.14. The first-order chi connectivity index (χ1) is 11.3. The third kappa shape index (κ3) is 5.58. The van der Waals surface area contributed by atoms with Crippen LogP contribution in [-0.4, -0.2) is 23.8 Å². The summed E-state index contributed by atoms with van der Waals surface area (Å²) in [6.07, 6.45) is -5.67. The molecule has 24 heavy (non-hydrogen) atoms. The molecule has 4 nitrogen and oxygen atoms in total. The Hall–Kier alpha value is -2.54. The Morgan fingerprint density at radius 1 is 1.08 bits per heavy atom. The van der Waals surface area contributed by atoms with Gasteiger partial charge < -0.3 is 15.2 Å². The van der Waals surface area contributed by atoms with Crippen molar-refractivity contribution in [3.63, 3.8) is 0 Å². The SMILES string of the molecule is O=C(NCc1ccc(OCC(F)(F)F)cc1)C(O)c1ccccc1. The molecule has 0 spiro atoms. The van der Waals surface area contributed by atoms with Gasteiger partial charge in [0.1, 0.15) is 5.75 Å². The predicted molar refractivity (Wildman–Crippen MR) is 81.2 cm³/mol. The summed E-state index contributed by atoms with van der Waals surface area (Å²) in [5, 5.41) is 12.5. The van der Waals surface area contributed by atoms with Crippen LogP contribution in [0.4, 0.5) is 13.2 Å². The Labute approximate surface area is 136 Å². The summed E-state index contributed by atoms with van der Waals surface area (Å²) < 4.78 is 40.7. The largest absolute Gasteiger partial charge is 0.484 e. The lowest BCUT2D eigenvalue weighted by molar-refractivity contribution is -0.153. The molecule has 0 heterocycles. The number of rotatable bonds is 6. The van der Waals surface area contributed by atoms with Crippen LogP contribution in [0.3, 0.4) is 0 Å². The number of nitrogens with one attached hydrogen (secondary N) is 1.